The highest BCUT2D eigenvalue weighted by Crippen LogP contribution is 2.26. The lowest BCUT2D eigenvalue weighted by Gasteiger charge is -2.10. The number of rotatable bonds is 10. The molecular weight excluding hydrogens is 502 g/mol. The van der Waals surface area contributed by atoms with Crippen LogP contribution in [0.25, 0.3) is 0 Å². The number of amides is 1. The molecule has 164 valence electrons. The van der Waals surface area contributed by atoms with Gasteiger partial charge >= 0.3 is 0 Å². The first-order valence-electron chi connectivity index (χ1n) is 9.61. The molecule has 3 aromatic rings. The van der Waals surface area contributed by atoms with E-state index < -0.39 is 10.0 Å². The number of hydrogen-bond donors (Lipinski definition) is 2. The lowest BCUT2D eigenvalue weighted by Crippen LogP contribution is -2.14. The Morgan fingerprint density at radius 1 is 1.19 bits per heavy atom. The maximum absolute atomic E-state index is 12.3. The van der Waals surface area contributed by atoms with Gasteiger partial charge in [0.05, 0.1) is 16.0 Å². The van der Waals surface area contributed by atoms with Crippen LogP contribution in [0.4, 0.5) is 10.8 Å². The van der Waals surface area contributed by atoms with Crippen LogP contribution in [-0.2, 0) is 21.2 Å². The number of carbonyl (C=O) groups is 1. The number of thiazole rings is 1. The highest BCUT2D eigenvalue weighted by atomic mass is 79.9. The van der Waals surface area contributed by atoms with E-state index in [1.807, 2.05) is 18.2 Å². The van der Waals surface area contributed by atoms with Crippen LogP contribution in [0.1, 0.15) is 25.3 Å². The minimum Gasteiger partial charge on any atom is -0.492 e. The van der Waals surface area contributed by atoms with Crippen molar-refractivity contribution in [3.05, 3.63) is 64.1 Å². The molecule has 1 heterocycles. The molecule has 1 amide bonds. The summed E-state index contributed by atoms with van der Waals surface area (Å²) in [5.41, 5.74) is 1.74. The Hall–Kier alpha value is -2.43. The third kappa shape index (κ3) is 6.78. The molecule has 0 unspecified atom stereocenters. The van der Waals surface area contributed by atoms with Gasteiger partial charge in [0.1, 0.15) is 5.75 Å². The first kappa shape index (κ1) is 23.2. The largest absolute Gasteiger partial charge is 0.492 e. The van der Waals surface area contributed by atoms with Crippen molar-refractivity contribution in [1.29, 1.82) is 0 Å². The Morgan fingerprint density at radius 3 is 2.61 bits per heavy atom. The van der Waals surface area contributed by atoms with Crippen molar-refractivity contribution in [2.24, 2.45) is 0 Å². The summed E-state index contributed by atoms with van der Waals surface area (Å²) in [6, 6.07) is 11.9. The van der Waals surface area contributed by atoms with Gasteiger partial charge in [-0.2, -0.15) is 0 Å². The molecule has 0 aliphatic heterocycles. The molecule has 7 nitrogen and oxygen atoms in total. The number of ether oxygens (including phenoxy) is 1. The molecule has 0 saturated carbocycles. The van der Waals surface area contributed by atoms with Gasteiger partial charge < -0.3 is 10.1 Å². The minimum atomic E-state index is -3.72. The number of carbonyl (C=O) groups excluding carboxylic acids is 1. The van der Waals surface area contributed by atoms with Crippen molar-refractivity contribution < 1.29 is 17.9 Å². The molecule has 2 N–H and O–H groups in total. The molecule has 0 aliphatic rings. The monoisotopic (exact) mass is 523 g/mol. The Balaban J connectivity index is 1.45. The Kier molecular flexibility index (Phi) is 8.05. The average molecular weight is 524 g/mol. The lowest BCUT2D eigenvalue weighted by atomic mass is 10.2. The van der Waals surface area contributed by atoms with Crippen LogP contribution >= 0.6 is 27.3 Å². The third-order valence-corrected chi connectivity index (χ3v) is 7.10. The van der Waals surface area contributed by atoms with Crippen molar-refractivity contribution in [2.45, 2.75) is 31.1 Å². The molecule has 3 rings (SSSR count). The molecule has 0 bridgehead atoms. The predicted molar refractivity (Wildman–Crippen MR) is 126 cm³/mol. The molecule has 31 heavy (non-hydrogen) atoms. The number of nitrogens with one attached hydrogen (secondary N) is 2. The first-order valence-corrected chi connectivity index (χ1v) is 12.8. The van der Waals surface area contributed by atoms with Gasteiger partial charge in [-0.05, 0) is 70.7 Å². The van der Waals surface area contributed by atoms with E-state index in [0.717, 1.165) is 16.6 Å². The number of sulfonamides is 1. The molecular formula is C21H22BrN3O4S2. The first-order chi connectivity index (χ1) is 14.9. The Bertz CT molecular complexity index is 1120. The zero-order valence-electron chi connectivity index (χ0n) is 16.8. The minimum absolute atomic E-state index is 0.0915. The normalized spacial score (nSPS) is 11.2. The maximum Gasteiger partial charge on any atom is 0.263 e. The van der Waals surface area contributed by atoms with E-state index in [1.165, 1.54) is 35.2 Å². The van der Waals surface area contributed by atoms with E-state index in [1.54, 1.807) is 17.5 Å². The topological polar surface area (TPSA) is 97.4 Å². The number of aryl methyl sites for hydroxylation is 1. The number of halogens is 1. The smallest absolute Gasteiger partial charge is 0.263 e. The Labute approximate surface area is 194 Å². The van der Waals surface area contributed by atoms with Gasteiger partial charge in [0.25, 0.3) is 10.0 Å². The van der Waals surface area contributed by atoms with Gasteiger partial charge in [-0.1, -0.05) is 13.0 Å². The van der Waals surface area contributed by atoms with Crippen LogP contribution in [0.3, 0.4) is 0 Å². The summed E-state index contributed by atoms with van der Waals surface area (Å²) in [6.45, 7) is 2.50. The van der Waals surface area contributed by atoms with E-state index in [-0.39, 0.29) is 17.2 Å². The zero-order chi connectivity index (χ0) is 22.3. The van der Waals surface area contributed by atoms with Gasteiger partial charge in [0.2, 0.25) is 5.91 Å². The van der Waals surface area contributed by atoms with Crippen molar-refractivity contribution in [1.82, 2.24) is 4.98 Å². The quantitative estimate of drug-likeness (QED) is 0.361. The maximum atomic E-state index is 12.3. The summed E-state index contributed by atoms with van der Waals surface area (Å²) >= 11 is 4.69. The molecule has 0 atom stereocenters. The van der Waals surface area contributed by atoms with Gasteiger partial charge in [0, 0.05) is 23.7 Å². The summed E-state index contributed by atoms with van der Waals surface area (Å²) < 4.78 is 33.7. The van der Waals surface area contributed by atoms with Crippen LogP contribution in [0.2, 0.25) is 0 Å². The summed E-state index contributed by atoms with van der Waals surface area (Å²) in [5.74, 6) is 0.585. The summed E-state index contributed by atoms with van der Waals surface area (Å²) in [7, 11) is -3.72. The highest BCUT2D eigenvalue weighted by Gasteiger charge is 2.15. The fraction of sp³-hybridized carbons (Fsp3) is 0.238. The number of benzene rings is 2. The van der Waals surface area contributed by atoms with E-state index in [4.69, 9.17) is 4.74 Å². The third-order valence-electron chi connectivity index (χ3n) is 4.31. The molecule has 10 heteroatoms. The second-order valence-electron chi connectivity index (χ2n) is 6.59. The highest BCUT2D eigenvalue weighted by molar-refractivity contribution is 9.10. The molecule has 2 aromatic carbocycles. The molecule has 0 fully saturated rings. The lowest BCUT2D eigenvalue weighted by molar-refractivity contribution is -0.116. The Morgan fingerprint density at radius 2 is 1.97 bits per heavy atom. The average Bonchev–Trinajstić information content (AvgIpc) is 3.24. The van der Waals surface area contributed by atoms with Crippen molar-refractivity contribution in [3.8, 4) is 5.75 Å². The zero-order valence-corrected chi connectivity index (χ0v) is 20.0. The summed E-state index contributed by atoms with van der Waals surface area (Å²) in [6.07, 6.45) is 3.32. The fourth-order valence-electron chi connectivity index (χ4n) is 2.68. The van der Waals surface area contributed by atoms with Crippen LogP contribution in [0.15, 0.2) is 63.4 Å². The van der Waals surface area contributed by atoms with E-state index in [0.29, 0.717) is 23.8 Å². The molecule has 1 aromatic heterocycles. The SMILES string of the molecule is CCc1ccc(OCCCC(=O)Nc2ccc(S(=O)(=O)Nc3nccs3)cc2)c(Br)c1. The molecule has 0 spiro atoms. The van der Waals surface area contributed by atoms with E-state index >= 15 is 0 Å². The van der Waals surface area contributed by atoms with Gasteiger partial charge in [-0.15, -0.1) is 11.3 Å². The van der Waals surface area contributed by atoms with E-state index in [9.17, 15) is 13.2 Å². The predicted octanol–water partition coefficient (Wildman–Crippen LogP) is 5.07. The van der Waals surface area contributed by atoms with Crippen LogP contribution in [-0.4, -0.2) is 25.9 Å². The van der Waals surface area contributed by atoms with Gasteiger partial charge in [0.15, 0.2) is 5.13 Å². The van der Waals surface area contributed by atoms with Crippen LogP contribution < -0.4 is 14.8 Å². The van der Waals surface area contributed by atoms with Crippen LogP contribution in [0.5, 0.6) is 5.75 Å². The fourth-order valence-corrected chi connectivity index (χ4v) is 5.01. The second-order valence-corrected chi connectivity index (χ2v) is 10.0. The molecule has 0 aliphatic carbocycles. The molecule has 0 radical (unpaired) electrons. The van der Waals surface area contributed by atoms with E-state index in [2.05, 4.69) is 37.9 Å². The number of nitrogens with zero attached hydrogens (tertiary/aromatic N) is 1. The standard InChI is InChI=1S/C21H22BrN3O4S2/c1-2-15-5-10-19(18(22)14-15)29-12-3-4-20(26)24-16-6-8-17(9-7-16)31(27,28)25-21-23-11-13-30-21/h5-11,13-14H,2-4,12H2,1H3,(H,23,25)(H,24,26). The number of hydrogen-bond acceptors (Lipinski definition) is 6. The van der Waals surface area contributed by atoms with Gasteiger partial charge in [-0.3, -0.25) is 9.52 Å². The number of aromatic nitrogens is 1. The van der Waals surface area contributed by atoms with Crippen molar-refractivity contribution in [2.75, 3.05) is 16.6 Å². The van der Waals surface area contributed by atoms with Crippen molar-refractivity contribution in [3.63, 3.8) is 0 Å². The number of anilines is 2. The summed E-state index contributed by atoms with van der Waals surface area (Å²) in [4.78, 5) is 16.2. The molecule has 0 saturated heterocycles. The van der Waals surface area contributed by atoms with Crippen LogP contribution in [0, 0.1) is 0 Å². The van der Waals surface area contributed by atoms with Gasteiger partial charge in [-0.25, -0.2) is 13.4 Å². The second kappa shape index (κ2) is 10.7. The summed E-state index contributed by atoms with van der Waals surface area (Å²) in [5, 5.41) is 4.74. The van der Waals surface area contributed by atoms with Crippen molar-refractivity contribution >= 4 is 54.0 Å².